The summed E-state index contributed by atoms with van der Waals surface area (Å²) in [4.78, 5) is 24.8. The number of methoxy groups -OCH3 is 1. The van der Waals surface area contributed by atoms with Crippen LogP contribution in [0.5, 0.6) is 5.75 Å². The molecule has 27 heavy (non-hydrogen) atoms. The minimum absolute atomic E-state index is 0.000473. The lowest BCUT2D eigenvalue weighted by Crippen LogP contribution is -2.10. The Kier molecular flexibility index (Phi) is 6.13. The summed E-state index contributed by atoms with van der Waals surface area (Å²) in [7, 11) is 1.60. The summed E-state index contributed by atoms with van der Waals surface area (Å²) >= 11 is 0. The zero-order chi connectivity index (χ0) is 19.1. The van der Waals surface area contributed by atoms with Crippen molar-refractivity contribution in [3.8, 4) is 5.75 Å². The smallest absolute Gasteiger partial charge is 0.343 e. The third kappa shape index (κ3) is 4.90. The zero-order valence-electron chi connectivity index (χ0n) is 15.1. The first-order chi connectivity index (χ1) is 13.2. The van der Waals surface area contributed by atoms with Crippen LogP contribution in [0.25, 0.3) is 0 Å². The molecule has 0 aliphatic rings. The summed E-state index contributed by atoms with van der Waals surface area (Å²) in [5.74, 6) is -0.0329. The third-order valence-electron chi connectivity index (χ3n) is 4.14. The second kappa shape index (κ2) is 8.92. The Bertz CT molecular complexity index is 918. The molecule has 4 nitrogen and oxygen atoms in total. The highest BCUT2D eigenvalue weighted by Crippen LogP contribution is 2.22. The number of Topliss-reactive ketones (excluding diaryl/α,β-unsaturated/α-hetero) is 1. The SMILES string of the molecule is COCc1ccc(OC(=O)c2ccccc2)cc1CC(=O)c1ccccc1. The average molecular weight is 360 g/mol. The van der Waals surface area contributed by atoms with Crippen LogP contribution in [0, 0.1) is 0 Å². The minimum atomic E-state index is -0.435. The van der Waals surface area contributed by atoms with E-state index in [1.165, 1.54) is 0 Å². The Balaban J connectivity index is 1.82. The van der Waals surface area contributed by atoms with Gasteiger partial charge in [-0.2, -0.15) is 0 Å². The summed E-state index contributed by atoms with van der Waals surface area (Å²) in [6.45, 7) is 0.379. The maximum atomic E-state index is 12.6. The van der Waals surface area contributed by atoms with E-state index in [0.29, 0.717) is 23.5 Å². The first kappa shape index (κ1) is 18.5. The van der Waals surface area contributed by atoms with Gasteiger partial charge in [-0.3, -0.25) is 4.79 Å². The highest BCUT2D eigenvalue weighted by atomic mass is 16.5. The number of hydrogen-bond acceptors (Lipinski definition) is 4. The molecule has 3 rings (SSSR count). The van der Waals surface area contributed by atoms with Crippen LogP contribution in [-0.2, 0) is 17.8 Å². The highest BCUT2D eigenvalue weighted by molar-refractivity contribution is 5.97. The van der Waals surface area contributed by atoms with Crippen LogP contribution in [0.4, 0.5) is 0 Å². The molecule has 0 radical (unpaired) electrons. The lowest BCUT2D eigenvalue weighted by Gasteiger charge is -2.12. The van der Waals surface area contributed by atoms with E-state index in [-0.39, 0.29) is 12.2 Å². The largest absolute Gasteiger partial charge is 0.423 e. The molecular formula is C23H20O4. The molecule has 0 aliphatic carbocycles. The number of carbonyl (C=O) groups excluding carboxylic acids is 2. The fraction of sp³-hybridized carbons (Fsp3) is 0.130. The molecule has 0 aromatic heterocycles. The molecule has 0 aliphatic heterocycles. The van der Waals surface area contributed by atoms with Crippen molar-refractivity contribution >= 4 is 11.8 Å². The highest BCUT2D eigenvalue weighted by Gasteiger charge is 2.14. The van der Waals surface area contributed by atoms with Gasteiger partial charge in [-0.05, 0) is 35.4 Å². The Hall–Kier alpha value is -3.24. The van der Waals surface area contributed by atoms with E-state index >= 15 is 0 Å². The Labute approximate surface area is 158 Å². The van der Waals surface area contributed by atoms with Crippen molar-refractivity contribution < 1.29 is 19.1 Å². The lowest BCUT2D eigenvalue weighted by atomic mass is 9.98. The predicted octanol–water partition coefficient (Wildman–Crippen LogP) is 4.48. The summed E-state index contributed by atoms with van der Waals surface area (Å²) in [5.41, 5.74) is 2.79. The van der Waals surface area contributed by atoms with Gasteiger partial charge in [0.15, 0.2) is 5.78 Å². The normalized spacial score (nSPS) is 10.4. The maximum Gasteiger partial charge on any atom is 0.343 e. The van der Waals surface area contributed by atoms with Gasteiger partial charge in [0.05, 0.1) is 12.2 Å². The van der Waals surface area contributed by atoms with Crippen molar-refractivity contribution in [2.24, 2.45) is 0 Å². The van der Waals surface area contributed by atoms with Gasteiger partial charge in [-0.1, -0.05) is 54.6 Å². The van der Waals surface area contributed by atoms with Crippen molar-refractivity contribution in [1.29, 1.82) is 0 Å². The maximum absolute atomic E-state index is 12.6. The molecule has 0 N–H and O–H groups in total. The van der Waals surface area contributed by atoms with E-state index in [1.807, 2.05) is 30.3 Å². The summed E-state index contributed by atoms with van der Waals surface area (Å²) in [6, 6.07) is 23.2. The zero-order valence-corrected chi connectivity index (χ0v) is 15.1. The van der Waals surface area contributed by atoms with E-state index in [1.54, 1.807) is 55.6 Å². The Morgan fingerprint density at radius 3 is 2.04 bits per heavy atom. The molecular weight excluding hydrogens is 340 g/mol. The monoisotopic (exact) mass is 360 g/mol. The van der Waals surface area contributed by atoms with Crippen LogP contribution < -0.4 is 4.74 Å². The number of hydrogen-bond donors (Lipinski definition) is 0. The van der Waals surface area contributed by atoms with Gasteiger partial charge in [0.25, 0.3) is 0 Å². The van der Waals surface area contributed by atoms with Crippen LogP contribution in [0.15, 0.2) is 78.9 Å². The average Bonchev–Trinajstić information content (AvgIpc) is 2.71. The number of carbonyl (C=O) groups is 2. The summed E-state index contributed by atoms with van der Waals surface area (Å²) in [5, 5.41) is 0. The second-order valence-electron chi connectivity index (χ2n) is 6.09. The Morgan fingerprint density at radius 2 is 1.41 bits per heavy atom. The molecule has 0 bridgehead atoms. The molecule has 0 fully saturated rings. The van der Waals surface area contributed by atoms with Crippen molar-refractivity contribution in [3.05, 3.63) is 101 Å². The predicted molar refractivity (Wildman–Crippen MR) is 103 cm³/mol. The van der Waals surface area contributed by atoms with Gasteiger partial charge in [0.1, 0.15) is 5.75 Å². The molecule has 0 heterocycles. The van der Waals surface area contributed by atoms with E-state index < -0.39 is 5.97 Å². The molecule has 3 aromatic carbocycles. The van der Waals surface area contributed by atoms with Crippen molar-refractivity contribution in [3.63, 3.8) is 0 Å². The number of esters is 1. The van der Waals surface area contributed by atoms with Gasteiger partial charge >= 0.3 is 5.97 Å². The third-order valence-corrected chi connectivity index (χ3v) is 4.14. The summed E-state index contributed by atoms with van der Waals surface area (Å²) < 4.78 is 10.7. The van der Waals surface area contributed by atoms with E-state index in [9.17, 15) is 9.59 Å². The molecule has 0 saturated heterocycles. The van der Waals surface area contributed by atoms with Crippen LogP contribution in [0.1, 0.15) is 31.8 Å². The van der Waals surface area contributed by atoms with Gasteiger partial charge in [-0.15, -0.1) is 0 Å². The van der Waals surface area contributed by atoms with E-state index in [4.69, 9.17) is 9.47 Å². The van der Waals surface area contributed by atoms with Crippen molar-refractivity contribution in [1.82, 2.24) is 0 Å². The minimum Gasteiger partial charge on any atom is -0.423 e. The van der Waals surface area contributed by atoms with Gasteiger partial charge in [0, 0.05) is 19.1 Å². The van der Waals surface area contributed by atoms with Crippen LogP contribution in [-0.4, -0.2) is 18.9 Å². The number of benzene rings is 3. The molecule has 0 atom stereocenters. The number of ketones is 1. The Morgan fingerprint density at radius 1 is 0.778 bits per heavy atom. The fourth-order valence-electron chi connectivity index (χ4n) is 2.77. The molecule has 4 heteroatoms. The molecule has 0 unspecified atom stereocenters. The summed E-state index contributed by atoms with van der Waals surface area (Å²) in [6.07, 6.45) is 0.208. The van der Waals surface area contributed by atoms with Crippen LogP contribution in [0.2, 0.25) is 0 Å². The molecule has 0 spiro atoms. The lowest BCUT2D eigenvalue weighted by molar-refractivity contribution is 0.0734. The molecule has 0 saturated carbocycles. The standard InChI is InChI=1S/C23H20O4/c1-26-16-19-12-13-21(27-23(25)18-10-6-3-7-11-18)14-20(19)15-22(24)17-8-4-2-5-9-17/h2-14H,15-16H2,1H3. The van der Waals surface area contributed by atoms with Crippen molar-refractivity contribution in [2.75, 3.05) is 7.11 Å². The van der Waals surface area contributed by atoms with Crippen LogP contribution in [0.3, 0.4) is 0 Å². The van der Waals surface area contributed by atoms with Gasteiger partial charge < -0.3 is 9.47 Å². The number of rotatable bonds is 7. The van der Waals surface area contributed by atoms with Crippen molar-refractivity contribution in [2.45, 2.75) is 13.0 Å². The number of ether oxygens (including phenoxy) is 2. The van der Waals surface area contributed by atoms with Gasteiger partial charge in [-0.25, -0.2) is 4.79 Å². The second-order valence-corrected chi connectivity index (χ2v) is 6.09. The molecule has 0 amide bonds. The van der Waals surface area contributed by atoms with E-state index in [2.05, 4.69) is 0 Å². The van der Waals surface area contributed by atoms with Crippen LogP contribution >= 0.6 is 0 Å². The fourth-order valence-corrected chi connectivity index (χ4v) is 2.77. The molecule has 136 valence electrons. The van der Waals surface area contributed by atoms with E-state index in [0.717, 1.165) is 11.1 Å². The topological polar surface area (TPSA) is 52.6 Å². The first-order valence-electron chi connectivity index (χ1n) is 8.63. The van der Waals surface area contributed by atoms with Gasteiger partial charge in [0.2, 0.25) is 0 Å². The first-order valence-corrected chi connectivity index (χ1v) is 8.63. The molecule has 3 aromatic rings. The quantitative estimate of drug-likeness (QED) is 0.354.